The Labute approximate surface area is 103 Å². The summed E-state index contributed by atoms with van der Waals surface area (Å²) >= 11 is 0. The van der Waals surface area contributed by atoms with Gasteiger partial charge in [-0.25, -0.2) is 0 Å². The van der Waals surface area contributed by atoms with Crippen molar-refractivity contribution in [2.24, 2.45) is 0 Å². The van der Waals surface area contributed by atoms with E-state index in [1.54, 1.807) is 0 Å². The lowest BCUT2D eigenvalue weighted by Crippen LogP contribution is -2.26. The van der Waals surface area contributed by atoms with Gasteiger partial charge in [0.25, 0.3) is 0 Å². The number of hydrogen-bond donors (Lipinski definition) is 1. The van der Waals surface area contributed by atoms with Crippen LogP contribution < -0.4 is 4.74 Å². The van der Waals surface area contributed by atoms with E-state index in [4.69, 9.17) is 9.84 Å². The Morgan fingerprint density at radius 1 is 1.35 bits per heavy atom. The van der Waals surface area contributed by atoms with Gasteiger partial charge in [0, 0.05) is 19.6 Å². The molecule has 0 radical (unpaired) electrons. The van der Waals surface area contributed by atoms with Gasteiger partial charge in [0.1, 0.15) is 5.75 Å². The minimum Gasteiger partial charge on any atom is -0.494 e. The van der Waals surface area contributed by atoms with E-state index < -0.39 is 0 Å². The van der Waals surface area contributed by atoms with Crippen molar-refractivity contribution in [3.63, 3.8) is 0 Å². The summed E-state index contributed by atoms with van der Waals surface area (Å²) in [5.74, 6) is 0.897. The Bertz CT molecular complexity index is 321. The van der Waals surface area contributed by atoms with Crippen LogP contribution in [0.4, 0.5) is 0 Å². The van der Waals surface area contributed by atoms with Crippen molar-refractivity contribution in [3.05, 3.63) is 42.5 Å². The SMILES string of the molecule is C=CCN(CCO)Cc1ccc(OCC)cc1. The van der Waals surface area contributed by atoms with E-state index in [1.807, 2.05) is 25.1 Å². The third-order valence-corrected chi connectivity index (χ3v) is 2.44. The fourth-order valence-electron chi connectivity index (χ4n) is 1.67. The molecule has 0 fully saturated rings. The summed E-state index contributed by atoms with van der Waals surface area (Å²) in [5, 5.41) is 8.96. The van der Waals surface area contributed by atoms with E-state index in [2.05, 4.69) is 23.6 Å². The van der Waals surface area contributed by atoms with Crippen molar-refractivity contribution >= 4 is 0 Å². The summed E-state index contributed by atoms with van der Waals surface area (Å²) in [4.78, 5) is 2.14. The summed E-state index contributed by atoms with van der Waals surface area (Å²) in [5.41, 5.74) is 1.21. The average molecular weight is 235 g/mol. The van der Waals surface area contributed by atoms with Crippen LogP contribution in [0.1, 0.15) is 12.5 Å². The summed E-state index contributed by atoms with van der Waals surface area (Å²) in [6.07, 6.45) is 1.85. The number of benzene rings is 1. The number of aliphatic hydroxyl groups excluding tert-OH is 1. The Morgan fingerprint density at radius 2 is 2.06 bits per heavy atom. The minimum absolute atomic E-state index is 0.171. The maximum atomic E-state index is 8.96. The fourth-order valence-corrected chi connectivity index (χ4v) is 1.67. The summed E-state index contributed by atoms with van der Waals surface area (Å²) in [6.45, 7) is 8.82. The quantitative estimate of drug-likeness (QED) is 0.700. The molecule has 1 aromatic rings. The number of ether oxygens (including phenoxy) is 1. The number of nitrogens with zero attached hydrogens (tertiary/aromatic N) is 1. The molecule has 0 saturated carbocycles. The van der Waals surface area contributed by atoms with E-state index in [9.17, 15) is 0 Å². The van der Waals surface area contributed by atoms with Gasteiger partial charge in [-0.05, 0) is 24.6 Å². The highest BCUT2D eigenvalue weighted by Gasteiger charge is 2.03. The maximum Gasteiger partial charge on any atom is 0.119 e. The van der Waals surface area contributed by atoms with Crippen LogP contribution in [0.5, 0.6) is 5.75 Å². The first-order valence-electron chi connectivity index (χ1n) is 5.96. The van der Waals surface area contributed by atoms with Crippen molar-refractivity contribution in [1.29, 1.82) is 0 Å². The minimum atomic E-state index is 0.171. The molecule has 0 aliphatic rings. The lowest BCUT2D eigenvalue weighted by molar-refractivity contribution is 0.203. The smallest absolute Gasteiger partial charge is 0.119 e. The molecule has 0 aliphatic heterocycles. The second-order valence-corrected chi connectivity index (χ2v) is 3.82. The van der Waals surface area contributed by atoms with Crippen LogP contribution in [0.3, 0.4) is 0 Å². The lowest BCUT2D eigenvalue weighted by Gasteiger charge is -2.19. The molecular formula is C14H21NO2. The molecule has 0 saturated heterocycles. The lowest BCUT2D eigenvalue weighted by atomic mass is 10.2. The zero-order valence-electron chi connectivity index (χ0n) is 10.4. The zero-order chi connectivity index (χ0) is 12.5. The predicted octanol–water partition coefficient (Wildman–Crippen LogP) is 2.07. The molecule has 0 amide bonds. The molecule has 3 nitrogen and oxygen atoms in total. The highest BCUT2D eigenvalue weighted by atomic mass is 16.5. The molecule has 1 rings (SSSR count). The van der Waals surface area contributed by atoms with Gasteiger partial charge in [0.15, 0.2) is 0 Å². The van der Waals surface area contributed by atoms with Gasteiger partial charge in [-0.3, -0.25) is 4.90 Å². The van der Waals surface area contributed by atoms with Crippen molar-refractivity contribution in [2.75, 3.05) is 26.3 Å². The highest BCUT2D eigenvalue weighted by molar-refractivity contribution is 5.27. The number of hydrogen-bond acceptors (Lipinski definition) is 3. The second kappa shape index (κ2) is 7.87. The molecule has 94 valence electrons. The van der Waals surface area contributed by atoms with Crippen molar-refractivity contribution in [2.45, 2.75) is 13.5 Å². The average Bonchev–Trinajstić information content (AvgIpc) is 2.33. The molecule has 0 spiro atoms. The van der Waals surface area contributed by atoms with Gasteiger partial charge in [-0.1, -0.05) is 18.2 Å². The normalized spacial score (nSPS) is 10.5. The van der Waals surface area contributed by atoms with Crippen LogP contribution in [0, 0.1) is 0 Å². The Hall–Kier alpha value is -1.32. The standard InChI is InChI=1S/C14H21NO2/c1-3-9-15(10-11-16)12-13-5-7-14(8-6-13)17-4-2/h3,5-8,16H,1,4,9-12H2,2H3. The third-order valence-electron chi connectivity index (χ3n) is 2.44. The molecular weight excluding hydrogens is 214 g/mol. The van der Waals surface area contributed by atoms with Crippen LogP contribution in [0.2, 0.25) is 0 Å². The largest absolute Gasteiger partial charge is 0.494 e. The van der Waals surface area contributed by atoms with E-state index in [0.29, 0.717) is 13.2 Å². The van der Waals surface area contributed by atoms with Crippen LogP contribution >= 0.6 is 0 Å². The van der Waals surface area contributed by atoms with Crippen molar-refractivity contribution < 1.29 is 9.84 Å². The van der Waals surface area contributed by atoms with E-state index in [0.717, 1.165) is 18.8 Å². The highest BCUT2D eigenvalue weighted by Crippen LogP contribution is 2.13. The van der Waals surface area contributed by atoms with E-state index in [1.165, 1.54) is 5.56 Å². The molecule has 0 bridgehead atoms. The van der Waals surface area contributed by atoms with Crippen LogP contribution in [-0.2, 0) is 6.54 Å². The topological polar surface area (TPSA) is 32.7 Å². The molecule has 0 unspecified atom stereocenters. The Kier molecular flexibility index (Phi) is 6.37. The summed E-state index contributed by atoms with van der Waals surface area (Å²) in [7, 11) is 0. The van der Waals surface area contributed by atoms with E-state index in [-0.39, 0.29) is 6.61 Å². The van der Waals surface area contributed by atoms with Crippen LogP contribution in [0.25, 0.3) is 0 Å². The van der Waals surface area contributed by atoms with Crippen LogP contribution in [-0.4, -0.2) is 36.3 Å². The van der Waals surface area contributed by atoms with E-state index >= 15 is 0 Å². The van der Waals surface area contributed by atoms with Crippen molar-refractivity contribution in [3.8, 4) is 5.75 Å². The van der Waals surface area contributed by atoms with Gasteiger partial charge in [-0.15, -0.1) is 6.58 Å². The third kappa shape index (κ3) is 5.02. The number of aliphatic hydroxyl groups is 1. The Morgan fingerprint density at radius 3 is 2.59 bits per heavy atom. The molecule has 0 aromatic heterocycles. The van der Waals surface area contributed by atoms with Gasteiger partial charge >= 0.3 is 0 Å². The zero-order valence-corrected chi connectivity index (χ0v) is 10.4. The fraction of sp³-hybridized carbons (Fsp3) is 0.429. The van der Waals surface area contributed by atoms with Crippen LogP contribution in [0.15, 0.2) is 36.9 Å². The summed E-state index contributed by atoms with van der Waals surface area (Å²) < 4.78 is 5.39. The molecule has 17 heavy (non-hydrogen) atoms. The Balaban J connectivity index is 2.56. The van der Waals surface area contributed by atoms with Gasteiger partial charge < -0.3 is 9.84 Å². The molecule has 0 aliphatic carbocycles. The second-order valence-electron chi connectivity index (χ2n) is 3.82. The maximum absolute atomic E-state index is 8.96. The first-order valence-corrected chi connectivity index (χ1v) is 5.96. The molecule has 0 atom stereocenters. The molecule has 1 aromatic carbocycles. The molecule has 0 heterocycles. The predicted molar refractivity (Wildman–Crippen MR) is 70.2 cm³/mol. The van der Waals surface area contributed by atoms with Gasteiger partial charge in [-0.2, -0.15) is 0 Å². The van der Waals surface area contributed by atoms with Gasteiger partial charge in [0.2, 0.25) is 0 Å². The molecule has 3 heteroatoms. The first kappa shape index (κ1) is 13.7. The first-order chi connectivity index (χ1) is 8.30. The molecule has 1 N–H and O–H groups in total. The summed E-state index contributed by atoms with van der Waals surface area (Å²) in [6, 6.07) is 8.06. The number of rotatable bonds is 8. The van der Waals surface area contributed by atoms with Crippen molar-refractivity contribution in [1.82, 2.24) is 4.90 Å². The van der Waals surface area contributed by atoms with Gasteiger partial charge in [0.05, 0.1) is 13.2 Å². The monoisotopic (exact) mass is 235 g/mol.